The summed E-state index contributed by atoms with van der Waals surface area (Å²) in [4.78, 5) is 3.90. The summed E-state index contributed by atoms with van der Waals surface area (Å²) >= 11 is 0. The van der Waals surface area contributed by atoms with Gasteiger partial charge in [0.05, 0.1) is 12.6 Å². The maximum absolute atomic E-state index is 13.3. The van der Waals surface area contributed by atoms with Gasteiger partial charge in [-0.1, -0.05) is 12.1 Å². The molecular formula is C17H22FN3O3. The Kier molecular flexibility index (Phi) is 5.23. The first-order chi connectivity index (χ1) is 11.6. The van der Waals surface area contributed by atoms with E-state index < -0.39 is 11.7 Å². The van der Waals surface area contributed by atoms with Crippen LogP contribution in [0.2, 0.25) is 0 Å². The summed E-state index contributed by atoms with van der Waals surface area (Å²) < 4.78 is 26.4. The molecule has 3 atom stereocenters. The summed E-state index contributed by atoms with van der Waals surface area (Å²) in [6.45, 7) is 2.60. The number of benzene rings is 1. The predicted octanol–water partition coefficient (Wildman–Crippen LogP) is 2.24. The second-order valence-corrected chi connectivity index (χ2v) is 6.10. The smallest absolute Gasteiger partial charge is 0.158 e. The summed E-state index contributed by atoms with van der Waals surface area (Å²) in [6.07, 6.45) is 4.88. The lowest BCUT2D eigenvalue weighted by Gasteiger charge is -2.37. The minimum Gasteiger partial charge on any atom is -0.380 e. The molecule has 1 saturated heterocycles. The molecule has 3 rings (SSSR count). The molecule has 0 amide bonds. The van der Waals surface area contributed by atoms with Crippen LogP contribution in [0.1, 0.15) is 31.7 Å². The van der Waals surface area contributed by atoms with Crippen LogP contribution in [0.15, 0.2) is 36.9 Å². The second kappa shape index (κ2) is 7.38. The molecule has 2 heterocycles. The van der Waals surface area contributed by atoms with Crippen molar-refractivity contribution in [3.8, 4) is 0 Å². The highest BCUT2D eigenvalue weighted by atomic mass is 19.1. The average molecular weight is 335 g/mol. The molecule has 1 fully saturated rings. The zero-order valence-electron chi connectivity index (χ0n) is 13.6. The first kappa shape index (κ1) is 17.0. The average Bonchev–Trinajstić information content (AvgIpc) is 3.09. The Bertz CT molecular complexity index is 629. The van der Waals surface area contributed by atoms with E-state index in [0.717, 1.165) is 19.3 Å². The molecule has 0 spiro atoms. The number of nitrogens with zero attached hydrogens (tertiary/aromatic N) is 3. The largest absolute Gasteiger partial charge is 0.380 e. The Morgan fingerprint density at radius 2 is 2.21 bits per heavy atom. The van der Waals surface area contributed by atoms with Crippen LogP contribution in [-0.4, -0.2) is 38.9 Å². The van der Waals surface area contributed by atoms with Gasteiger partial charge >= 0.3 is 0 Å². The van der Waals surface area contributed by atoms with Crippen molar-refractivity contribution in [1.29, 1.82) is 0 Å². The van der Waals surface area contributed by atoms with Crippen molar-refractivity contribution in [3.63, 3.8) is 0 Å². The van der Waals surface area contributed by atoms with Crippen molar-refractivity contribution in [1.82, 2.24) is 14.8 Å². The van der Waals surface area contributed by atoms with E-state index in [1.54, 1.807) is 19.1 Å². The van der Waals surface area contributed by atoms with Crippen molar-refractivity contribution < 1.29 is 19.0 Å². The fraction of sp³-hybridized carbons (Fsp3) is 0.529. The van der Waals surface area contributed by atoms with E-state index in [2.05, 4.69) is 10.1 Å². The van der Waals surface area contributed by atoms with E-state index in [-0.39, 0.29) is 18.7 Å². The highest BCUT2D eigenvalue weighted by molar-refractivity contribution is 5.24. The van der Waals surface area contributed by atoms with E-state index in [0.29, 0.717) is 12.2 Å². The zero-order chi connectivity index (χ0) is 17.0. The Balaban J connectivity index is 1.83. The van der Waals surface area contributed by atoms with Crippen molar-refractivity contribution in [2.24, 2.45) is 0 Å². The van der Waals surface area contributed by atoms with Crippen LogP contribution in [0, 0.1) is 5.82 Å². The predicted molar refractivity (Wildman–Crippen MR) is 84.5 cm³/mol. The fourth-order valence-electron chi connectivity index (χ4n) is 2.91. The lowest BCUT2D eigenvalue weighted by Crippen LogP contribution is -2.45. The van der Waals surface area contributed by atoms with Gasteiger partial charge in [0.15, 0.2) is 6.29 Å². The van der Waals surface area contributed by atoms with Gasteiger partial charge in [-0.2, -0.15) is 5.10 Å². The van der Waals surface area contributed by atoms with Gasteiger partial charge in [-0.05, 0) is 43.9 Å². The maximum atomic E-state index is 13.3. The molecule has 130 valence electrons. The Morgan fingerprint density at radius 3 is 2.83 bits per heavy atom. The van der Waals surface area contributed by atoms with Gasteiger partial charge < -0.3 is 14.6 Å². The third kappa shape index (κ3) is 3.80. The Morgan fingerprint density at radius 1 is 1.42 bits per heavy atom. The van der Waals surface area contributed by atoms with E-state index in [9.17, 15) is 9.50 Å². The van der Waals surface area contributed by atoms with Crippen molar-refractivity contribution in [3.05, 3.63) is 48.3 Å². The topological polar surface area (TPSA) is 69.4 Å². The third-order valence-electron chi connectivity index (χ3n) is 4.38. The van der Waals surface area contributed by atoms with Crippen LogP contribution in [0.4, 0.5) is 4.39 Å². The molecule has 0 saturated carbocycles. The number of halogens is 1. The van der Waals surface area contributed by atoms with Gasteiger partial charge in [-0.15, -0.1) is 0 Å². The number of aromatic nitrogens is 3. The van der Waals surface area contributed by atoms with Crippen LogP contribution in [0.3, 0.4) is 0 Å². The van der Waals surface area contributed by atoms with Crippen molar-refractivity contribution >= 4 is 0 Å². The Hall–Kier alpha value is -1.83. The SMILES string of the molecule is C[C@H](OC1CCCCO1)[C@@](O)(Cn1cncn1)c1ccc(F)cc1. The molecule has 7 heteroatoms. The van der Waals surface area contributed by atoms with Gasteiger partial charge in [0.25, 0.3) is 0 Å². The molecule has 2 aromatic rings. The summed E-state index contributed by atoms with van der Waals surface area (Å²) in [5.74, 6) is -0.356. The van der Waals surface area contributed by atoms with Crippen LogP contribution in [-0.2, 0) is 21.6 Å². The summed E-state index contributed by atoms with van der Waals surface area (Å²) in [5.41, 5.74) is -0.829. The molecule has 1 aromatic carbocycles. The van der Waals surface area contributed by atoms with E-state index in [4.69, 9.17) is 9.47 Å². The van der Waals surface area contributed by atoms with Gasteiger partial charge in [0.1, 0.15) is 24.1 Å². The molecule has 1 aromatic heterocycles. The van der Waals surface area contributed by atoms with Crippen LogP contribution >= 0.6 is 0 Å². The lowest BCUT2D eigenvalue weighted by molar-refractivity contribution is -0.229. The molecule has 0 radical (unpaired) electrons. The van der Waals surface area contributed by atoms with E-state index in [1.165, 1.54) is 29.5 Å². The fourth-order valence-corrected chi connectivity index (χ4v) is 2.91. The second-order valence-electron chi connectivity index (χ2n) is 6.10. The number of aliphatic hydroxyl groups is 1. The molecule has 0 bridgehead atoms. The first-order valence-electron chi connectivity index (χ1n) is 8.16. The molecule has 1 aliphatic rings. The standard InChI is InChI=1S/C17H22FN3O3/c1-13(24-16-4-2-3-9-23-16)17(22,10-21-12-19-11-20-21)14-5-7-15(18)8-6-14/h5-8,11-13,16,22H,2-4,9-10H2,1H3/t13-,16?,17-/m0/s1. The number of ether oxygens (including phenoxy) is 2. The van der Waals surface area contributed by atoms with Crippen LogP contribution < -0.4 is 0 Å². The summed E-state index contributed by atoms with van der Waals surface area (Å²) in [7, 11) is 0. The minimum absolute atomic E-state index is 0.145. The normalized spacial score (nSPS) is 22.0. The minimum atomic E-state index is -1.39. The molecule has 24 heavy (non-hydrogen) atoms. The highest BCUT2D eigenvalue weighted by Gasteiger charge is 2.39. The molecule has 6 nitrogen and oxygen atoms in total. The molecule has 1 aliphatic heterocycles. The van der Waals surface area contributed by atoms with Crippen LogP contribution in [0.25, 0.3) is 0 Å². The third-order valence-corrected chi connectivity index (χ3v) is 4.38. The monoisotopic (exact) mass is 335 g/mol. The van der Waals surface area contributed by atoms with Gasteiger partial charge in [-0.3, -0.25) is 0 Å². The molecular weight excluding hydrogens is 313 g/mol. The van der Waals surface area contributed by atoms with E-state index in [1.807, 2.05) is 0 Å². The van der Waals surface area contributed by atoms with Gasteiger partial charge in [0.2, 0.25) is 0 Å². The summed E-state index contributed by atoms with van der Waals surface area (Å²) in [6, 6.07) is 5.78. The maximum Gasteiger partial charge on any atom is 0.158 e. The number of rotatable bonds is 6. The quantitative estimate of drug-likeness (QED) is 0.877. The van der Waals surface area contributed by atoms with Gasteiger partial charge in [0, 0.05) is 6.61 Å². The van der Waals surface area contributed by atoms with Crippen LogP contribution in [0.5, 0.6) is 0 Å². The van der Waals surface area contributed by atoms with Crippen molar-refractivity contribution in [2.45, 2.75) is 50.7 Å². The molecule has 1 N–H and O–H groups in total. The van der Waals surface area contributed by atoms with E-state index >= 15 is 0 Å². The zero-order valence-corrected chi connectivity index (χ0v) is 13.6. The Labute approximate surface area is 140 Å². The summed E-state index contributed by atoms with van der Waals surface area (Å²) in [5, 5.41) is 15.4. The highest BCUT2D eigenvalue weighted by Crippen LogP contribution is 2.31. The van der Waals surface area contributed by atoms with Gasteiger partial charge in [-0.25, -0.2) is 14.1 Å². The lowest BCUT2D eigenvalue weighted by atomic mass is 9.88. The number of hydrogen-bond donors (Lipinski definition) is 1. The molecule has 1 unspecified atom stereocenters. The molecule has 0 aliphatic carbocycles. The first-order valence-corrected chi connectivity index (χ1v) is 8.16. The van der Waals surface area contributed by atoms with Crippen molar-refractivity contribution in [2.75, 3.05) is 6.61 Å². The number of hydrogen-bond acceptors (Lipinski definition) is 5.